The molecule has 1 aliphatic carbocycles. The molecule has 0 aromatic carbocycles. The number of carbonyl (C=O) groups is 1. The van der Waals surface area contributed by atoms with Crippen LogP contribution in [0.5, 0.6) is 0 Å². The molecule has 3 aliphatic rings. The second-order valence-electron chi connectivity index (χ2n) is 6.95. The smallest absolute Gasteiger partial charge is 0.230 e. The summed E-state index contributed by atoms with van der Waals surface area (Å²) in [7, 11) is 0. The summed E-state index contributed by atoms with van der Waals surface area (Å²) in [5.41, 5.74) is -0.273. The molecule has 2 aliphatic heterocycles. The third-order valence-corrected chi connectivity index (χ3v) is 5.24. The van der Waals surface area contributed by atoms with Gasteiger partial charge in [-0.25, -0.2) is 14.4 Å². The Kier molecular flexibility index (Phi) is 3.27. The average Bonchev–Trinajstić information content (AvgIpc) is 3.31. The topological polar surface area (TPSA) is 49.3 Å². The van der Waals surface area contributed by atoms with Gasteiger partial charge in [0.25, 0.3) is 0 Å². The van der Waals surface area contributed by atoms with Gasteiger partial charge in [-0.3, -0.25) is 4.79 Å². The molecule has 0 N–H and O–H groups in total. The van der Waals surface area contributed by atoms with Gasteiger partial charge >= 0.3 is 0 Å². The molecule has 1 atom stereocenters. The van der Waals surface area contributed by atoms with Gasteiger partial charge in [0.2, 0.25) is 11.9 Å². The standard InChI is InChI=1S/C16H21FN4O/c17-13-8-18-15(19-9-13)21-6-1-4-16(11-21)5-7-20(14(16)22)10-12-2-3-12/h8-9,12H,1-7,10-11H2. The Hall–Kier alpha value is -1.72. The highest BCUT2D eigenvalue weighted by atomic mass is 19.1. The normalized spacial score (nSPS) is 28.7. The first-order valence-electron chi connectivity index (χ1n) is 8.18. The van der Waals surface area contributed by atoms with Crippen molar-refractivity contribution in [3.63, 3.8) is 0 Å². The number of rotatable bonds is 3. The van der Waals surface area contributed by atoms with E-state index in [4.69, 9.17) is 0 Å². The number of hydrogen-bond donors (Lipinski definition) is 0. The molecule has 3 heterocycles. The number of anilines is 1. The van der Waals surface area contributed by atoms with Crippen LogP contribution >= 0.6 is 0 Å². The predicted octanol–water partition coefficient (Wildman–Crippen LogP) is 1.84. The number of likely N-dealkylation sites (tertiary alicyclic amines) is 1. The van der Waals surface area contributed by atoms with Crippen LogP contribution in [0.3, 0.4) is 0 Å². The van der Waals surface area contributed by atoms with Crippen molar-refractivity contribution in [3.05, 3.63) is 18.2 Å². The quantitative estimate of drug-likeness (QED) is 0.855. The van der Waals surface area contributed by atoms with Gasteiger partial charge in [-0.05, 0) is 38.0 Å². The fraction of sp³-hybridized carbons (Fsp3) is 0.688. The third-order valence-electron chi connectivity index (χ3n) is 5.24. The Balaban J connectivity index is 1.50. The minimum absolute atomic E-state index is 0.273. The molecule has 22 heavy (non-hydrogen) atoms. The van der Waals surface area contributed by atoms with Crippen molar-refractivity contribution >= 4 is 11.9 Å². The second kappa shape index (κ2) is 5.18. The molecule has 1 aromatic heterocycles. The second-order valence-corrected chi connectivity index (χ2v) is 6.95. The highest BCUT2D eigenvalue weighted by Gasteiger charge is 2.49. The van der Waals surface area contributed by atoms with Crippen LogP contribution in [0.2, 0.25) is 0 Å². The van der Waals surface area contributed by atoms with Gasteiger partial charge in [0, 0.05) is 26.2 Å². The number of amides is 1. The van der Waals surface area contributed by atoms with E-state index in [1.807, 2.05) is 4.90 Å². The van der Waals surface area contributed by atoms with Gasteiger partial charge in [0.05, 0.1) is 17.8 Å². The summed E-state index contributed by atoms with van der Waals surface area (Å²) in [6, 6.07) is 0. The summed E-state index contributed by atoms with van der Waals surface area (Å²) in [4.78, 5) is 25.1. The molecule has 1 amide bonds. The lowest BCUT2D eigenvalue weighted by atomic mass is 9.78. The van der Waals surface area contributed by atoms with E-state index < -0.39 is 5.82 Å². The highest BCUT2D eigenvalue weighted by Crippen LogP contribution is 2.42. The maximum absolute atomic E-state index is 13.0. The molecule has 1 unspecified atom stereocenters. The molecule has 6 heteroatoms. The van der Waals surface area contributed by atoms with Crippen LogP contribution in [0, 0.1) is 17.2 Å². The van der Waals surface area contributed by atoms with Crippen LogP contribution in [-0.4, -0.2) is 47.0 Å². The zero-order chi connectivity index (χ0) is 15.2. The van der Waals surface area contributed by atoms with E-state index in [2.05, 4.69) is 14.9 Å². The molecule has 2 saturated heterocycles. The number of halogens is 1. The van der Waals surface area contributed by atoms with Crippen molar-refractivity contribution in [1.29, 1.82) is 0 Å². The molecule has 1 aromatic rings. The minimum Gasteiger partial charge on any atom is -0.342 e. The molecule has 3 fully saturated rings. The zero-order valence-corrected chi connectivity index (χ0v) is 12.7. The van der Waals surface area contributed by atoms with Crippen LogP contribution in [0.1, 0.15) is 32.1 Å². The lowest BCUT2D eigenvalue weighted by molar-refractivity contribution is -0.136. The van der Waals surface area contributed by atoms with Crippen LogP contribution in [0.25, 0.3) is 0 Å². The molecule has 1 spiro atoms. The van der Waals surface area contributed by atoms with Crippen molar-refractivity contribution < 1.29 is 9.18 Å². The van der Waals surface area contributed by atoms with E-state index >= 15 is 0 Å². The average molecular weight is 304 g/mol. The molecule has 5 nitrogen and oxygen atoms in total. The zero-order valence-electron chi connectivity index (χ0n) is 12.7. The van der Waals surface area contributed by atoms with Crippen molar-refractivity contribution in [3.8, 4) is 0 Å². The Morgan fingerprint density at radius 1 is 1.23 bits per heavy atom. The van der Waals surface area contributed by atoms with Gasteiger partial charge in [-0.15, -0.1) is 0 Å². The Morgan fingerprint density at radius 2 is 2.00 bits per heavy atom. The van der Waals surface area contributed by atoms with E-state index in [0.717, 1.165) is 44.8 Å². The van der Waals surface area contributed by atoms with Gasteiger partial charge in [0.15, 0.2) is 5.82 Å². The van der Waals surface area contributed by atoms with Gasteiger partial charge in [-0.1, -0.05) is 0 Å². The first-order valence-corrected chi connectivity index (χ1v) is 8.18. The molecular weight excluding hydrogens is 283 g/mol. The summed E-state index contributed by atoms with van der Waals surface area (Å²) in [6.45, 7) is 3.32. The fourth-order valence-corrected chi connectivity index (χ4v) is 3.83. The predicted molar refractivity (Wildman–Crippen MR) is 79.8 cm³/mol. The van der Waals surface area contributed by atoms with E-state index in [0.29, 0.717) is 18.4 Å². The van der Waals surface area contributed by atoms with E-state index in [9.17, 15) is 9.18 Å². The summed E-state index contributed by atoms with van der Waals surface area (Å²) < 4.78 is 13.0. The molecule has 118 valence electrons. The number of hydrogen-bond acceptors (Lipinski definition) is 4. The summed E-state index contributed by atoms with van der Waals surface area (Å²) >= 11 is 0. The van der Waals surface area contributed by atoms with Gasteiger partial charge < -0.3 is 9.80 Å². The first-order chi connectivity index (χ1) is 10.7. The van der Waals surface area contributed by atoms with Crippen molar-refractivity contribution in [2.45, 2.75) is 32.1 Å². The molecule has 0 radical (unpaired) electrons. The summed E-state index contributed by atoms with van der Waals surface area (Å²) in [6.07, 6.45) is 7.77. The Morgan fingerprint density at radius 3 is 2.73 bits per heavy atom. The summed E-state index contributed by atoms with van der Waals surface area (Å²) in [5.74, 6) is 1.15. The van der Waals surface area contributed by atoms with Gasteiger partial charge in [0.1, 0.15) is 0 Å². The highest BCUT2D eigenvalue weighted by molar-refractivity contribution is 5.85. The lowest BCUT2D eigenvalue weighted by Crippen LogP contribution is -2.48. The van der Waals surface area contributed by atoms with Crippen LogP contribution in [0.4, 0.5) is 10.3 Å². The monoisotopic (exact) mass is 304 g/mol. The fourth-order valence-electron chi connectivity index (χ4n) is 3.83. The van der Waals surface area contributed by atoms with Crippen LogP contribution < -0.4 is 4.90 Å². The van der Waals surface area contributed by atoms with Crippen LogP contribution in [0.15, 0.2) is 12.4 Å². The third kappa shape index (κ3) is 2.44. The largest absolute Gasteiger partial charge is 0.342 e. The van der Waals surface area contributed by atoms with E-state index in [1.165, 1.54) is 25.2 Å². The molecule has 4 rings (SSSR count). The van der Waals surface area contributed by atoms with E-state index in [1.54, 1.807) is 0 Å². The number of carbonyl (C=O) groups excluding carboxylic acids is 1. The van der Waals surface area contributed by atoms with Crippen molar-refractivity contribution in [2.24, 2.45) is 11.3 Å². The van der Waals surface area contributed by atoms with E-state index in [-0.39, 0.29) is 5.41 Å². The maximum Gasteiger partial charge on any atom is 0.230 e. The molecule has 0 bridgehead atoms. The minimum atomic E-state index is -0.428. The van der Waals surface area contributed by atoms with Crippen molar-refractivity contribution in [1.82, 2.24) is 14.9 Å². The van der Waals surface area contributed by atoms with Crippen molar-refractivity contribution in [2.75, 3.05) is 31.1 Å². The first kappa shape index (κ1) is 13.9. The lowest BCUT2D eigenvalue weighted by Gasteiger charge is -2.39. The number of piperidine rings is 1. The van der Waals surface area contributed by atoms with Gasteiger partial charge in [-0.2, -0.15) is 0 Å². The molecular formula is C16H21FN4O. The molecule has 1 saturated carbocycles. The summed E-state index contributed by atoms with van der Waals surface area (Å²) in [5, 5.41) is 0. The number of aromatic nitrogens is 2. The SMILES string of the molecule is O=C1N(CC2CC2)CCC12CCCN(c1ncc(F)cn1)C2. The number of nitrogens with zero attached hydrogens (tertiary/aromatic N) is 4. The Bertz CT molecular complexity index is 574. The maximum atomic E-state index is 13.0. The Labute approximate surface area is 129 Å². The van der Waals surface area contributed by atoms with Crippen LogP contribution in [-0.2, 0) is 4.79 Å².